The molecular weight excluding hydrogens is 298 g/mol. The molecule has 1 N–H and O–H groups in total. The normalized spacial score (nSPS) is 16.4. The van der Waals surface area contributed by atoms with Crippen molar-refractivity contribution in [3.05, 3.63) is 54.4 Å². The lowest BCUT2D eigenvalue weighted by Gasteiger charge is -2.21. The Balaban J connectivity index is 1.37. The molecule has 1 aromatic carbocycles. The molecule has 1 aliphatic heterocycles. The molecule has 124 valence electrons. The lowest BCUT2D eigenvalue weighted by molar-refractivity contribution is 0.296. The molecule has 5 nitrogen and oxygen atoms in total. The fourth-order valence-corrected chi connectivity index (χ4v) is 3.31. The number of para-hydroxylation sites is 2. The first-order valence-electron chi connectivity index (χ1n) is 8.70. The second-order valence-corrected chi connectivity index (χ2v) is 6.33. The highest BCUT2D eigenvalue weighted by Crippen LogP contribution is 2.18. The Kier molecular flexibility index (Phi) is 4.42. The van der Waals surface area contributed by atoms with Crippen molar-refractivity contribution >= 4 is 17.0 Å². The van der Waals surface area contributed by atoms with Gasteiger partial charge in [-0.05, 0) is 37.2 Å². The van der Waals surface area contributed by atoms with Crippen LogP contribution in [0.3, 0.4) is 0 Å². The van der Waals surface area contributed by atoms with Gasteiger partial charge in [0.05, 0.1) is 11.0 Å². The zero-order valence-corrected chi connectivity index (χ0v) is 13.9. The van der Waals surface area contributed by atoms with Gasteiger partial charge in [-0.1, -0.05) is 18.2 Å². The van der Waals surface area contributed by atoms with Gasteiger partial charge in [-0.25, -0.2) is 4.98 Å². The third-order valence-electron chi connectivity index (χ3n) is 4.68. The minimum Gasteiger partial charge on any atom is -0.341 e. The summed E-state index contributed by atoms with van der Waals surface area (Å²) < 4.78 is 0. The molecule has 3 heterocycles. The Hall–Kier alpha value is -2.40. The fraction of sp³-hybridized carbons (Fsp3) is 0.368. The summed E-state index contributed by atoms with van der Waals surface area (Å²) in [4.78, 5) is 17.5. The number of rotatable bonds is 4. The summed E-state index contributed by atoms with van der Waals surface area (Å²) in [5.41, 5.74) is 3.34. The van der Waals surface area contributed by atoms with Crippen molar-refractivity contribution in [1.82, 2.24) is 19.9 Å². The van der Waals surface area contributed by atoms with Gasteiger partial charge in [0, 0.05) is 44.5 Å². The van der Waals surface area contributed by atoms with Gasteiger partial charge < -0.3 is 14.8 Å². The number of nitrogens with zero attached hydrogens (tertiary/aromatic N) is 4. The minimum atomic E-state index is 1.00. The number of aromatic amines is 1. The fourth-order valence-electron chi connectivity index (χ4n) is 3.31. The van der Waals surface area contributed by atoms with Crippen LogP contribution in [0, 0.1) is 0 Å². The molecule has 3 aromatic rings. The molecule has 1 saturated heterocycles. The SMILES string of the molecule is c1ccc(CCN2CCCN(c3nc4ccccc4[nH]3)CC2)nc1. The molecule has 0 saturated carbocycles. The highest BCUT2D eigenvalue weighted by molar-refractivity contribution is 5.77. The average Bonchev–Trinajstić information content (AvgIpc) is 2.92. The van der Waals surface area contributed by atoms with Gasteiger partial charge in [0.15, 0.2) is 0 Å². The number of nitrogens with one attached hydrogen (secondary N) is 1. The molecule has 1 fully saturated rings. The summed E-state index contributed by atoms with van der Waals surface area (Å²) in [6.45, 7) is 5.36. The van der Waals surface area contributed by atoms with E-state index in [-0.39, 0.29) is 0 Å². The van der Waals surface area contributed by atoms with E-state index in [2.05, 4.69) is 44.0 Å². The lowest BCUT2D eigenvalue weighted by atomic mass is 10.2. The van der Waals surface area contributed by atoms with Crippen LogP contribution in [0.5, 0.6) is 0 Å². The number of imidazole rings is 1. The Morgan fingerprint density at radius 2 is 1.88 bits per heavy atom. The summed E-state index contributed by atoms with van der Waals surface area (Å²) in [5, 5.41) is 0. The van der Waals surface area contributed by atoms with Crippen molar-refractivity contribution in [3.63, 3.8) is 0 Å². The lowest BCUT2D eigenvalue weighted by Crippen LogP contribution is -2.32. The number of hydrogen-bond acceptors (Lipinski definition) is 4. The molecule has 0 amide bonds. The molecule has 5 heteroatoms. The van der Waals surface area contributed by atoms with Crippen LogP contribution in [0.2, 0.25) is 0 Å². The highest BCUT2D eigenvalue weighted by atomic mass is 15.3. The average molecular weight is 321 g/mol. The van der Waals surface area contributed by atoms with Crippen molar-refractivity contribution in [2.24, 2.45) is 0 Å². The first-order valence-corrected chi connectivity index (χ1v) is 8.70. The van der Waals surface area contributed by atoms with E-state index in [0.29, 0.717) is 0 Å². The van der Waals surface area contributed by atoms with Gasteiger partial charge in [-0.3, -0.25) is 4.98 Å². The van der Waals surface area contributed by atoms with E-state index in [0.717, 1.165) is 56.1 Å². The summed E-state index contributed by atoms with van der Waals surface area (Å²) in [6.07, 6.45) is 4.06. The van der Waals surface area contributed by atoms with Crippen molar-refractivity contribution in [2.45, 2.75) is 12.8 Å². The van der Waals surface area contributed by atoms with Crippen LogP contribution in [-0.2, 0) is 6.42 Å². The second-order valence-electron chi connectivity index (χ2n) is 6.33. The van der Waals surface area contributed by atoms with E-state index in [1.54, 1.807) is 0 Å². The number of benzene rings is 1. The van der Waals surface area contributed by atoms with Crippen molar-refractivity contribution in [2.75, 3.05) is 37.6 Å². The molecule has 0 unspecified atom stereocenters. The third kappa shape index (κ3) is 3.41. The number of hydrogen-bond donors (Lipinski definition) is 1. The Bertz CT molecular complexity index is 750. The van der Waals surface area contributed by atoms with Gasteiger partial charge >= 0.3 is 0 Å². The maximum atomic E-state index is 4.74. The summed E-state index contributed by atoms with van der Waals surface area (Å²) in [7, 11) is 0. The molecule has 24 heavy (non-hydrogen) atoms. The maximum absolute atomic E-state index is 4.74. The van der Waals surface area contributed by atoms with Crippen molar-refractivity contribution < 1.29 is 0 Å². The van der Waals surface area contributed by atoms with Crippen LogP contribution in [0.1, 0.15) is 12.1 Å². The van der Waals surface area contributed by atoms with E-state index >= 15 is 0 Å². The Morgan fingerprint density at radius 3 is 2.75 bits per heavy atom. The highest BCUT2D eigenvalue weighted by Gasteiger charge is 2.17. The number of pyridine rings is 1. The van der Waals surface area contributed by atoms with Gasteiger partial charge in [0.2, 0.25) is 5.95 Å². The third-order valence-corrected chi connectivity index (χ3v) is 4.68. The van der Waals surface area contributed by atoms with E-state index in [1.165, 1.54) is 12.1 Å². The standard InChI is InChI=1S/C19H23N5/c1-2-8-18-17(7-1)21-19(22-18)24-12-5-11-23(14-15-24)13-9-16-6-3-4-10-20-16/h1-4,6-8,10H,5,9,11-15H2,(H,21,22). The maximum Gasteiger partial charge on any atom is 0.203 e. The number of aromatic nitrogens is 3. The summed E-state index contributed by atoms with van der Waals surface area (Å²) in [5.74, 6) is 1.00. The molecule has 0 atom stereocenters. The molecular formula is C19H23N5. The van der Waals surface area contributed by atoms with Crippen LogP contribution in [0.25, 0.3) is 11.0 Å². The molecule has 1 aliphatic rings. The molecule has 0 radical (unpaired) electrons. The zero-order valence-electron chi connectivity index (χ0n) is 13.9. The number of fused-ring (bicyclic) bond motifs is 1. The van der Waals surface area contributed by atoms with Crippen molar-refractivity contribution in [1.29, 1.82) is 0 Å². The van der Waals surface area contributed by atoms with E-state index in [1.807, 2.05) is 24.4 Å². The van der Waals surface area contributed by atoms with E-state index in [4.69, 9.17) is 4.98 Å². The summed E-state index contributed by atoms with van der Waals surface area (Å²) >= 11 is 0. The largest absolute Gasteiger partial charge is 0.341 e. The van der Waals surface area contributed by atoms with Crippen LogP contribution in [-0.4, -0.2) is 52.6 Å². The summed E-state index contributed by atoms with van der Waals surface area (Å²) in [6, 6.07) is 14.4. The zero-order chi connectivity index (χ0) is 16.2. The second kappa shape index (κ2) is 7.01. The number of anilines is 1. The van der Waals surface area contributed by atoms with Gasteiger partial charge in [-0.15, -0.1) is 0 Å². The first kappa shape index (κ1) is 15.1. The van der Waals surface area contributed by atoms with Gasteiger partial charge in [0.25, 0.3) is 0 Å². The molecule has 2 aromatic heterocycles. The van der Waals surface area contributed by atoms with Crippen LogP contribution in [0.15, 0.2) is 48.7 Å². The van der Waals surface area contributed by atoms with Crippen LogP contribution < -0.4 is 4.90 Å². The Morgan fingerprint density at radius 1 is 0.958 bits per heavy atom. The first-order chi connectivity index (χ1) is 11.9. The smallest absolute Gasteiger partial charge is 0.203 e. The molecule has 4 rings (SSSR count). The molecule has 0 aliphatic carbocycles. The minimum absolute atomic E-state index is 1.00. The Labute approximate surface area is 142 Å². The quantitative estimate of drug-likeness (QED) is 0.803. The molecule has 0 spiro atoms. The predicted molar refractivity (Wildman–Crippen MR) is 97.3 cm³/mol. The number of H-pyrrole nitrogens is 1. The molecule has 0 bridgehead atoms. The van der Waals surface area contributed by atoms with Gasteiger partial charge in [0.1, 0.15) is 0 Å². The van der Waals surface area contributed by atoms with Crippen LogP contribution >= 0.6 is 0 Å². The van der Waals surface area contributed by atoms with Crippen LogP contribution in [0.4, 0.5) is 5.95 Å². The van der Waals surface area contributed by atoms with E-state index in [9.17, 15) is 0 Å². The van der Waals surface area contributed by atoms with E-state index < -0.39 is 0 Å². The monoisotopic (exact) mass is 321 g/mol. The predicted octanol–water partition coefficient (Wildman–Crippen LogP) is 2.71. The van der Waals surface area contributed by atoms with Gasteiger partial charge in [-0.2, -0.15) is 0 Å². The topological polar surface area (TPSA) is 48.0 Å². The van der Waals surface area contributed by atoms with Crippen molar-refractivity contribution in [3.8, 4) is 0 Å².